The van der Waals surface area contributed by atoms with E-state index in [1.54, 1.807) is 0 Å². The van der Waals surface area contributed by atoms with Crippen molar-refractivity contribution < 1.29 is 49.0 Å². The van der Waals surface area contributed by atoms with Gasteiger partial charge in [0.2, 0.25) is 0 Å². The molecule has 0 aromatic carbocycles. The molecule has 49 heavy (non-hydrogen) atoms. The number of hydrogen-bond donors (Lipinski definition) is 4. The topological polar surface area (TPSA) is 160 Å². The van der Waals surface area contributed by atoms with Crippen molar-refractivity contribution in [1.29, 1.82) is 0 Å². The van der Waals surface area contributed by atoms with E-state index in [1.165, 1.54) is 5.57 Å². The van der Waals surface area contributed by atoms with E-state index in [-0.39, 0.29) is 40.6 Å². The lowest BCUT2D eigenvalue weighted by atomic mass is 9.34. The molecule has 0 spiro atoms. The van der Waals surface area contributed by atoms with Gasteiger partial charge in [-0.2, -0.15) is 0 Å². The average molecular weight is 687 g/mol. The minimum Gasteiger partial charge on any atom is -0.481 e. The molecule has 274 valence electrons. The molecule has 1 saturated heterocycles. The van der Waals surface area contributed by atoms with Crippen LogP contribution in [0.3, 0.4) is 0 Å². The molecule has 0 aromatic rings. The molecule has 10 heteroatoms. The smallest absolute Gasteiger partial charge is 0.338 e. The van der Waals surface area contributed by atoms with Crippen LogP contribution >= 0.6 is 0 Å². The summed E-state index contributed by atoms with van der Waals surface area (Å²) >= 11 is 0. The van der Waals surface area contributed by atoms with Crippen molar-refractivity contribution in [1.82, 2.24) is 0 Å². The minimum atomic E-state index is -1.70. The second-order valence-electron chi connectivity index (χ2n) is 17.3. The second kappa shape index (κ2) is 12.8. The summed E-state index contributed by atoms with van der Waals surface area (Å²) in [5.41, 5.74) is 0.271. The highest BCUT2D eigenvalue weighted by Gasteiger charge is 2.70. The van der Waals surface area contributed by atoms with E-state index in [4.69, 9.17) is 14.2 Å². The summed E-state index contributed by atoms with van der Waals surface area (Å²) in [6.45, 7) is 15.4. The third kappa shape index (κ3) is 5.32. The number of ether oxygens (including phenoxy) is 3. The maximum absolute atomic E-state index is 13.2. The highest BCUT2D eigenvalue weighted by atomic mass is 16.7. The zero-order valence-electron chi connectivity index (χ0n) is 30.0. The van der Waals surface area contributed by atoms with Crippen molar-refractivity contribution in [3.63, 3.8) is 0 Å². The van der Waals surface area contributed by atoms with Crippen LogP contribution in [0.4, 0.5) is 0 Å². The first-order chi connectivity index (χ1) is 23.0. The van der Waals surface area contributed by atoms with Gasteiger partial charge in [-0.1, -0.05) is 64.8 Å². The van der Waals surface area contributed by atoms with Gasteiger partial charge in [0, 0.05) is 5.92 Å². The van der Waals surface area contributed by atoms with Gasteiger partial charge in [-0.05, 0) is 98.7 Å². The van der Waals surface area contributed by atoms with E-state index in [1.807, 2.05) is 13.8 Å². The number of carboxylic acids is 1. The van der Waals surface area contributed by atoms with Crippen LogP contribution < -0.4 is 0 Å². The lowest BCUT2D eigenvalue weighted by Gasteiger charge is -2.70. The van der Waals surface area contributed by atoms with Crippen LogP contribution in [-0.2, 0) is 28.6 Å². The lowest BCUT2D eigenvalue weighted by molar-refractivity contribution is -0.322. The molecular weight excluding hydrogens is 628 g/mol. The van der Waals surface area contributed by atoms with Gasteiger partial charge in [0.05, 0.1) is 23.5 Å². The minimum absolute atomic E-state index is 0.0405. The fourth-order valence-electron chi connectivity index (χ4n) is 12.0. The largest absolute Gasteiger partial charge is 0.481 e. The van der Waals surface area contributed by atoms with Gasteiger partial charge in [-0.25, -0.2) is 4.79 Å². The summed E-state index contributed by atoms with van der Waals surface area (Å²) in [5.74, 6) is -1.34. The van der Waals surface area contributed by atoms with E-state index >= 15 is 0 Å². The van der Waals surface area contributed by atoms with Gasteiger partial charge < -0.3 is 39.4 Å². The maximum atomic E-state index is 13.2. The van der Waals surface area contributed by atoms with Crippen LogP contribution in [0.2, 0.25) is 0 Å². The highest BCUT2D eigenvalue weighted by Crippen LogP contribution is 2.75. The number of allylic oxidation sites excluding steroid dienone is 3. The number of fused-ring (bicyclic) bond motifs is 7. The number of unbranched alkanes of at least 4 members (excludes halogenated alkanes) is 1. The Kier molecular flexibility index (Phi) is 9.60. The van der Waals surface area contributed by atoms with Crippen LogP contribution in [0.25, 0.3) is 0 Å². The summed E-state index contributed by atoms with van der Waals surface area (Å²) in [4.78, 5) is 38.9. The van der Waals surface area contributed by atoms with Gasteiger partial charge in [0.15, 0.2) is 12.4 Å². The molecule has 0 aromatic heterocycles. The summed E-state index contributed by atoms with van der Waals surface area (Å²) < 4.78 is 17.4. The molecular formula is C39H58O10. The predicted molar refractivity (Wildman–Crippen MR) is 180 cm³/mol. The normalized spacial score (nSPS) is 49.3. The third-order valence-electron chi connectivity index (χ3n) is 15.2. The summed E-state index contributed by atoms with van der Waals surface area (Å²) in [6, 6.07) is 0. The van der Waals surface area contributed by atoms with Gasteiger partial charge in [-0.3, -0.25) is 4.79 Å². The Labute approximate surface area is 290 Å². The zero-order valence-corrected chi connectivity index (χ0v) is 30.0. The van der Waals surface area contributed by atoms with Gasteiger partial charge >= 0.3 is 11.9 Å². The molecule has 1 aliphatic heterocycles. The molecule has 0 radical (unpaired) electrons. The fourth-order valence-corrected chi connectivity index (χ4v) is 12.0. The Balaban J connectivity index is 1.26. The maximum Gasteiger partial charge on any atom is 0.338 e. The van der Waals surface area contributed by atoms with Crippen molar-refractivity contribution in [2.24, 2.45) is 44.8 Å². The van der Waals surface area contributed by atoms with E-state index in [9.17, 15) is 34.8 Å². The number of carbonyl (C=O) groups is 3. The highest BCUT2D eigenvalue weighted by molar-refractivity contribution is 5.77. The van der Waals surface area contributed by atoms with Gasteiger partial charge in [0.1, 0.15) is 24.6 Å². The van der Waals surface area contributed by atoms with Gasteiger partial charge in [0.25, 0.3) is 0 Å². The first-order valence-electron chi connectivity index (χ1n) is 18.6. The number of rotatable bonds is 8. The average Bonchev–Trinajstić information content (AvgIpc) is 3.06. The van der Waals surface area contributed by atoms with Crippen LogP contribution in [0.5, 0.6) is 0 Å². The van der Waals surface area contributed by atoms with Crippen LogP contribution in [-0.4, -0.2) is 82.1 Å². The molecule has 3 unspecified atom stereocenters. The summed E-state index contributed by atoms with van der Waals surface area (Å²) in [6.07, 6.45) is 3.55. The zero-order chi connectivity index (χ0) is 35.7. The summed E-state index contributed by atoms with van der Waals surface area (Å²) in [5, 5.41) is 42.7. The van der Waals surface area contributed by atoms with Crippen LogP contribution in [0, 0.1) is 44.8 Å². The molecule has 0 amide bonds. The SMILES string of the molecule is C=C1CC[C@]2(C(=O)O)CC[C@]3(C)C(=CCC4[C@@]5(C)CC[C@H](O[C@@H]6O[C@H](C(=O)OCCCC)[C@@H](O)[C@H](O)[C@H]6O)[C@@](C)(C=O)C5CC[C@]43C)C2C1. The van der Waals surface area contributed by atoms with E-state index in [2.05, 4.69) is 33.4 Å². The van der Waals surface area contributed by atoms with Crippen molar-refractivity contribution in [3.8, 4) is 0 Å². The van der Waals surface area contributed by atoms with Crippen LogP contribution in [0.15, 0.2) is 23.8 Å². The second-order valence-corrected chi connectivity index (χ2v) is 17.3. The molecule has 4 saturated carbocycles. The van der Waals surface area contributed by atoms with Crippen molar-refractivity contribution in [2.45, 2.75) is 148 Å². The van der Waals surface area contributed by atoms with Crippen molar-refractivity contribution in [3.05, 3.63) is 23.8 Å². The number of carboxylic acid groups (broad SMARTS) is 1. The number of esters is 1. The van der Waals surface area contributed by atoms with Gasteiger partial charge in [-0.15, -0.1) is 0 Å². The van der Waals surface area contributed by atoms with Crippen LogP contribution in [0.1, 0.15) is 112 Å². The standard InChI is InChI=1S/C39H58O10/c1-7-8-19-47-32(44)31-29(42)28(41)30(43)33(49-31)48-27-13-14-35(3)25(36(27,4)21-40)12-15-38(6)26(35)10-9-23-24-20-22(2)11-16-39(24,34(45)46)18-17-37(23,38)5/h9,21,24-31,33,41-43H,2,7-8,10-20H2,1,3-6H3,(H,45,46)/t24?,25?,26?,27-,28-,29-,30+,31-,33+,35-,36-,37+,38+,39-/m0/s1. The number of aliphatic hydroxyl groups excluding tert-OH is 3. The molecule has 5 fully saturated rings. The molecule has 6 rings (SSSR count). The Morgan fingerprint density at radius 1 is 1.00 bits per heavy atom. The molecule has 6 aliphatic rings. The molecule has 1 heterocycles. The molecule has 14 atom stereocenters. The third-order valence-corrected chi connectivity index (χ3v) is 15.2. The number of aliphatic carboxylic acids is 1. The Bertz CT molecular complexity index is 1380. The molecule has 0 bridgehead atoms. The Morgan fingerprint density at radius 3 is 2.41 bits per heavy atom. The first-order valence-corrected chi connectivity index (χ1v) is 18.6. The van der Waals surface area contributed by atoms with Crippen molar-refractivity contribution in [2.75, 3.05) is 6.61 Å². The first kappa shape index (κ1) is 36.7. The molecule has 4 N–H and O–H groups in total. The number of hydrogen-bond acceptors (Lipinski definition) is 9. The molecule has 10 nitrogen and oxygen atoms in total. The lowest BCUT2D eigenvalue weighted by Crippen LogP contribution is -2.66. The summed E-state index contributed by atoms with van der Waals surface area (Å²) in [7, 11) is 0. The van der Waals surface area contributed by atoms with E-state index in [0.717, 1.165) is 63.2 Å². The Hall–Kier alpha value is -2.11. The predicted octanol–water partition coefficient (Wildman–Crippen LogP) is 5.12. The number of aldehydes is 1. The van der Waals surface area contributed by atoms with Crippen molar-refractivity contribution >= 4 is 18.2 Å². The molecule has 5 aliphatic carbocycles. The van der Waals surface area contributed by atoms with E-state index < -0.39 is 59.6 Å². The number of carbonyl (C=O) groups excluding carboxylic acids is 2. The number of aliphatic hydroxyl groups is 3. The monoisotopic (exact) mass is 686 g/mol. The fraction of sp³-hybridized carbons (Fsp3) is 0.821. The Morgan fingerprint density at radius 2 is 1.73 bits per heavy atom. The quantitative estimate of drug-likeness (QED) is 0.0888. The van der Waals surface area contributed by atoms with E-state index in [0.29, 0.717) is 25.7 Å².